The van der Waals surface area contributed by atoms with Crippen molar-refractivity contribution in [3.05, 3.63) is 30.3 Å². The van der Waals surface area contributed by atoms with Crippen molar-refractivity contribution in [3.63, 3.8) is 0 Å². The van der Waals surface area contributed by atoms with Crippen molar-refractivity contribution >= 4 is 28.6 Å². The quantitative estimate of drug-likeness (QED) is 0.700. The summed E-state index contributed by atoms with van der Waals surface area (Å²) >= 11 is 1.59. The van der Waals surface area contributed by atoms with Crippen LogP contribution in [0, 0.1) is 0 Å². The fourth-order valence-corrected chi connectivity index (χ4v) is 2.67. The first-order valence-corrected chi connectivity index (χ1v) is 6.36. The third-order valence-electron chi connectivity index (χ3n) is 2.60. The maximum atomic E-state index is 11.1. The number of likely N-dealkylation sites (N-methyl/N-ethyl adjacent to an activating group) is 1. The van der Waals surface area contributed by atoms with E-state index >= 15 is 0 Å². The number of primary amides is 1. The molecule has 1 atom stereocenters. The van der Waals surface area contributed by atoms with Gasteiger partial charge in [0.15, 0.2) is 0 Å². The van der Waals surface area contributed by atoms with E-state index in [0.717, 1.165) is 10.5 Å². The molecule has 0 radical (unpaired) electrons. The second-order valence-corrected chi connectivity index (χ2v) is 4.84. The lowest BCUT2D eigenvalue weighted by molar-refractivity contribution is -0.119. The molecule has 0 aliphatic rings. The van der Waals surface area contributed by atoms with Gasteiger partial charge in [-0.25, -0.2) is 0 Å². The highest BCUT2D eigenvalue weighted by Gasteiger charge is 2.13. The van der Waals surface area contributed by atoms with Crippen molar-refractivity contribution in [3.8, 4) is 0 Å². The van der Waals surface area contributed by atoms with E-state index in [9.17, 15) is 4.79 Å². The molecular formula is C12H15N3OS. The van der Waals surface area contributed by atoms with Crippen LogP contribution in [0.25, 0.3) is 10.9 Å². The number of nitrogens with two attached hydrogens (primary N) is 1. The second-order valence-electron chi connectivity index (χ2n) is 3.78. The Balaban J connectivity index is 2.06. The van der Waals surface area contributed by atoms with Gasteiger partial charge >= 0.3 is 0 Å². The third-order valence-corrected chi connectivity index (χ3v) is 3.63. The van der Waals surface area contributed by atoms with Crippen molar-refractivity contribution in [2.24, 2.45) is 5.73 Å². The highest BCUT2D eigenvalue weighted by atomic mass is 32.2. The number of hydrogen-bond acceptors (Lipinski definition) is 3. The van der Waals surface area contributed by atoms with Gasteiger partial charge in [0.25, 0.3) is 0 Å². The molecule has 90 valence electrons. The summed E-state index contributed by atoms with van der Waals surface area (Å²) in [7, 11) is 1.74. The molecule has 0 saturated carbocycles. The van der Waals surface area contributed by atoms with Crippen LogP contribution in [-0.4, -0.2) is 29.7 Å². The summed E-state index contributed by atoms with van der Waals surface area (Å²) in [5.41, 5.74) is 6.37. The number of aromatic nitrogens is 1. The lowest BCUT2D eigenvalue weighted by Gasteiger charge is -2.10. The van der Waals surface area contributed by atoms with Gasteiger partial charge in [0.2, 0.25) is 5.91 Å². The summed E-state index contributed by atoms with van der Waals surface area (Å²) in [6.45, 7) is 0. The van der Waals surface area contributed by atoms with Gasteiger partial charge in [-0.2, -0.15) is 0 Å². The van der Waals surface area contributed by atoms with Gasteiger partial charge in [0.05, 0.1) is 11.1 Å². The van der Waals surface area contributed by atoms with E-state index in [1.165, 1.54) is 5.39 Å². The number of rotatable bonds is 5. The first kappa shape index (κ1) is 12.0. The fraction of sp³-hybridized carbons (Fsp3) is 0.250. The highest BCUT2D eigenvalue weighted by Crippen LogP contribution is 2.23. The standard InChI is InChI=1S/C12H15N3OS/c1-14-10(12(13)16)7-17-11-6-8-4-2-3-5-9(8)15-11/h2-6,10,14-15H,7H2,1H3,(H2,13,16). The molecule has 0 aliphatic heterocycles. The first-order chi connectivity index (χ1) is 8.20. The number of carbonyl (C=O) groups excluding carboxylic acids is 1. The van der Waals surface area contributed by atoms with Gasteiger partial charge in [-0.3, -0.25) is 4.79 Å². The number of thioether (sulfide) groups is 1. The zero-order valence-electron chi connectivity index (χ0n) is 9.57. The van der Waals surface area contributed by atoms with Crippen LogP contribution in [0.4, 0.5) is 0 Å². The van der Waals surface area contributed by atoms with E-state index < -0.39 is 0 Å². The fourth-order valence-electron chi connectivity index (χ4n) is 1.61. The first-order valence-electron chi connectivity index (χ1n) is 5.38. The Morgan fingerprint density at radius 2 is 2.29 bits per heavy atom. The number of aromatic amines is 1. The molecule has 0 fully saturated rings. The van der Waals surface area contributed by atoms with Crippen LogP contribution < -0.4 is 11.1 Å². The Morgan fingerprint density at radius 1 is 1.53 bits per heavy atom. The van der Waals surface area contributed by atoms with Crippen LogP contribution in [-0.2, 0) is 4.79 Å². The maximum Gasteiger partial charge on any atom is 0.235 e. The van der Waals surface area contributed by atoms with Crippen LogP contribution in [0.1, 0.15) is 0 Å². The second kappa shape index (κ2) is 5.25. The van der Waals surface area contributed by atoms with E-state index in [1.807, 2.05) is 18.2 Å². The normalized spacial score (nSPS) is 12.8. The maximum absolute atomic E-state index is 11.1. The molecule has 1 amide bonds. The van der Waals surface area contributed by atoms with Crippen LogP contribution in [0.3, 0.4) is 0 Å². The topological polar surface area (TPSA) is 70.9 Å². The molecular weight excluding hydrogens is 234 g/mol. The van der Waals surface area contributed by atoms with Gasteiger partial charge in [0, 0.05) is 16.7 Å². The van der Waals surface area contributed by atoms with Crippen molar-refractivity contribution < 1.29 is 4.79 Å². The largest absolute Gasteiger partial charge is 0.368 e. The van der Waals surface area contributed by atoms with Crippen molar-refractivity contribution in [1.82, 2.24) is 10.3 Å². The molecule has 4 N–H and O–H groups in total. The lowest BCUT2D eigenvalue weighted by atomic mass is 10.3. The Morgan fingerprint density at radius 3 is 2.94 bits per heavy atom. The number of amides is 1. The summed E-state index contributed by atoms with van der Waals surface area (Å²) in [6, 6.07) is 9.86. The molecule has 1 heterocycles. The van der Waals surface area contributed by atoms with Gasteiger partial charge in [0.1, 0.15) is 0 Å². The summed E-state index contributed by atoms with van der Waals surface area (Å²) < 4.78 is 0. The molecule has 4 nitrogen and oxygen atoms in total. The summed E-state index contributed by atoms with van der Waals surface area (Å²) in [4.78, 5) is 14.4. The molecule has 0 spiro atoms. The highest BCUT2D eigenvalue weighted by molar-refractivity contribution is 7.99. The molecule has 0 aliphatic carbocycles. The minimum absolute atomic E-state index is 0.300. The van der Waals surface area contributed by atoms with Crippen LogP contribution in [0.5, 0.6) is 0 Å². The predicted molar refractivity (Wildman–Crippen MR) is 71.1 cm³/mol. The smallest absolute Gasteiger partial charge is 0.235 e. The minimum atomic E-state index is -0.323. The molecule has 0 saturated heterocycles. The number of benzene rings is 1. The van der Waals surface area contributed by atoms with Gasteiger partial charge in [-0.15, -0.1) is 11.8 Å². The number of fused-ring (bicyclic) bond motifs is 1. The molecule has 2 rings (SSSR count). The van der Waals surface area contributed by atoms with Crippen molar-refractivity contribution in [1.29, 1.82) is 0 Å². The number of H-pyrrole nitrogens is 1. The van der Waals surface area contributed by atoms with Crippen LogP contribution >= 0.6 is 11.8 Å². The Bertz CT molecular complexity index is 490. The van der Waals surface area contributed by atoms with E-state index in [4.69, 9.17) is 5.73 Å². The van der Waals surface area contributed by atoms with Crippen molar-refractivity contribution in [2.45, 2.75) is 11.1 Å². The van der Waals surface area contributed by atoms with Crippen LogP contribution in [0.2, 0.25) is 0 Å². The van der Waals surface area contributed by atoms with E-state index in [-0.39, 0.29) is 11.9 Å². The lowest BCUT2D eigenvalue weighted by Crippen LogP contribution is -2.41. The summed E-state index contributed by atoms with van der Waals surface area (Å²) in [6.07, 6.45) is 0. The molecule has 1 aromatic carbocycles. The summed E-state index contributed by atoms with van der Waals surface area (Å²) in [5, 5.41) is 5.12. The average molecular weight is 249 g/mol. The zero-order chi connectivity index (χ0) is 12.3. The molecule has 1 unspecified atom stereocenters. The zero-order valence-corrected chi connectivity index (χ0v) is 10.4. The molecule has 0 bridgehead atoms. The molecule has 5 heteroatoms. The summed E-state index contributed by atoms with van der Waals surface area (Å²) in [5.74, 6) is 0.301. The Labute approximate surface area is 104 Å². The van der Waals surface area contributed by atoms with E-state index in [1.54, 1.807) is 18.8 Å². The molecule has 17 heavy (non-hydrogen) atoms. The predicted octanol–water partition coefficient (Wildman–Crippen LogP) is 1.33. The number of para-hydroxylation sites is 1. The Kier molecular flexibility index (Phi) is 3.71. The molecule has 1 aromatic heterocycles. The van der Waals surface area contributed by atoms with Gasteiger partial charge < -0.3 is 16.0 Å². The minimum Gasteiger partial charge on any atom is -0.368 e. The molecule has 2 aromatic rings. The number of nitrogens with one attached hydrogen (secondary N) is 2. The van der Waals surface area contributed by atoms with Gasteiger partial charge in [-0.05, 0) is 19.2 Å². The van der Waals surface area contributed by atoms with Crippen molar-refractivity contribution in [2.75, 3.05) is 12.8 Å². The van der Waals surface area contributed by atoms with Gasteiger partial charge in [-0.1, -0.05) is 18.2 Å². The Hall–Kier alpha value is -1.46. The monoisotopic (exact) mass is 249 g/mol. The SMILES string of the molecule is CNC(CSc1cc2ccccc2[nH]1)C(N)=O. The van der Waals surface area contributed by atoms with Crippen LogP contribution in [0.15, 0.2) is 35.4 Å². The number of carbonyl (C=O) groups is 1. The average Bonchev–Trinajstić information content (AvgIpc) is 2.71. The van der Waals surface area contributed by atoms with E-state index in [0.29, 0.717) is 5.75 Å². The van der Waals surface area contributed by atoms with E-state index in [2.05, 4.69) is 22.4 Å². The number of hydrogen-bond donors (Lipinski definition) is 3. The third kappa shape index (κ3) is 2.81.